The van der Waals surface area contributed by atoms with Gasteiger partial charge in [0.15, 0.2) is 0 Å². The molecule has 6 nitrogen and oxygen atoms in total. The van der Waals surface area contributed by atoms with Gasteiger partial charge in [-0.15, -0.1) is 0 Å². The number of rotatable bonds is 5. The largest absolute Gasteiger partial charge is 0.495 e. The number of hydrogen-bond donors (Lipinski definition) is 2. The first-order valence-corrected chi connectivity index (χ1v) is 8.65. The van der Waals surface area contributed by atoms with Crippen LogP contribution in [-0.4, -0.2) is 23.0 Å². The smallest absolute Gasteiger partial charge is 0.274 e. The zero-order valence-corrected chi connectivity index (χ0v) is 16.0. The number of nitrogens with zero attached hydrogens (tertiary/aromatic N) is 2. The summed E-state index contributed by atoms with van der Waals surface area (Å²) in [5.41, 5.74) is 3.87. The minimum Gasteiger partial charge on any atom is -0.495 e. The van der Waals surface area contributed by atoms with Crippen LogP contribution in [0.4, 0.5) is 17.2 Å². The summed E-state index contributed by atoms with van der Waals surface area (Å²) in [6.07, 6.45) is 1.33. The highest BCUT2D eigenvalue weighted by atomic mass is 35.5. The third-order valence-corrected chi connectivity index (χ3v) is 4.32. The third kappa shape index (κ3) is 4.54. The first-order chi connectivity index (χ1) is 13.0. The topological polar surface area (TPSA) is 76.1 Å². The van der Waals surface area contributed by atoms with Crippen molar-refractivity contribution < 1.29 is 9.53 Å². The van der Waals surface area contributed by atoms with Crippen LogP contribution >= 0.6 is 11.6 Å². The molecule has 3 aromatic rings. The number of aromatic nitrogens is 2. The fourth-order valence-corrected chi connectivity index (χ4v) is 2.65. The van der Waals surface area contributed by atoms with Gasteiger partial charge in [0.25, 0.3) is 5.91 Å². The molecule has 0 atom stereocenters. The van der Waals surface area contributed by atoms with E-state index in [9.17, 15) is 4.79 Å². The normalized spacial score (nSPS) is 10.4. The van der Waals surface area contributed by atoms with Crippen LogP contribution in [0.3, 0.4) is 0 Å². The minimum atomic E-state index is -0.318. The molecular formula is C20H19ClN4O2. The standard InChI is InChI=1S/C20H19ClN4O2/c1-12-4-6-15(8-13(12)2)24-20(26)17-10-19(23-11-22-17)25-16-9-14(21)5-7-18(16)27-3/h4-11H,1-3H3,(H,24,26)(H,22,23,25). The van der Waals surface area contributed by atoms with E-state index in [2.05, 4.69) is 20.6 Å². The molecule has 0 radical (unpaired) electrons. The lowest BCUT2D eigenvalue weighted by Gasteiger charge is -2.12. The minimum absolute atomic E-state index is 0.242. The van der Waals surface area contributed by atoms with E-state index < -0.39 is 0 Å². The van der Waals surface area contributed by atoms with Gasteiger partial charge in [0.1, 0.15) is 23.6 Å². The van der Waals surface area contributed by atoms with Gasteiger partial charge in [-0.2, -0.15) is 0 Å². The second kappa shape index (κ2) is 8.05. The quantitative estimate of drug-likeness (QED) is 0.665. The van der Waals surface area contributed by atoms with Crippen molar-refractivity contribution in [2.75, 3.05) is 17.7 Å². The lowest BCUT2D eigenvalue weighted by molar-refractivity contribution is 0.102. The third-order valence-electron chi connectivity index (χ3n) is 4.09. The Morgan fingerprint density at radius 3 is 2.59 bits per heavy atom. The highest BCUT2D eigenvalue weighted by Gasteiger charge is 2.11. The lowest BCUT2D eigenvalue weighted by atomic mass is 10.1. The molecule has 7 heteroatoms. The van der Waals surface area contributed by atoms with E-state index in [4.69, 9.17) is 16.3 Å². The molecule has 1 heterocycles. The zero-order chi connectivity index (χ0) is 19.4. The Hall–Kier alpha value is -3.12. The van der Waals surface area contributed by atoms with Gasteiger partial charge >= 0.3 is 0 Å². The number of benzene rings is 2. The molecule has 0 aliphatic heterocycles. The maximum absolute atomic E-state index is 12.5. The van der Waals surface area contributed by atoms with E-state index >= 15 is 0 Å². The molecule has 0 fully saturated rings. The summed E-state index contributed by atoms with van der Waals surface area (Å²) >= 11 is 6.04. The molecule has 0 saturated heterocycles. The van der Waals surface area contributed by atoms with E-state index in [1.165, 1.54) is 6.33 Å². The zero-order valence-electron chi connectivity index (χ0n) is 15.2. The van der Waals surface area contributed by atoms with Crippen LogP contribution in [0.2, 0.25) is 5.02 Å². The van der Waals surface area contributed by atoms with E-state index in [0.717, 1.165) is 11.1 Å². The molecule has 0 aliphatic carbocycles. The summed E-state index contributed by atoms with van der Waals surface area (Å²) in [6.45, 7) is 4.02. The predicted octanol–water partition coefficient (Wildman–Crippen LogP) is 4.75. The van der Waals surface area contributed by atoms with Gasteiger partial charge in [0.2, 0.25) is 0 Å². The van der Waals surface area contributed by atoms with Gasteiger partial charge < -0.3 is 15.4 Å². The van der Waals surface area contributed by atoms with E-state index in [1.54, 1.807) is 31.4 Å². The van der Waals surface area contributed by atoms with Crippen molar-refractivity contribution in [3.8, 4) is 5.75 Å². The molecule has 1 aromatic heterocycles. The van der Waals surface area contributed by atoms with E-state index in [-0.39, 0.29) is 11.6 Å². The molecule has 27 heavy (non-hydrogen) atoms. The molecule has 0 saturated carbocycles. The Morgan fingerprint density at radius 2 is 1.85 bits per heavy atom. The number of carbonyl (C=O) groups is 1. The average Bonchev–Trinajstić information content (AvgIpc) is 2.65. The van der Waals surface area contributed by atoms with Crippen molar-refractivity contribution in [1.82, 2.24) is 9.97 Å². The number of ether oxygens (including phenoxy) is 1. The van der Waals surface area contributed by atoms with Crippen LogP contribution in [0.15, 0.2) is 48.8 Å². The van der Waals surface area contributed by atoms with Crippen molar-refractivity contribution in [1.29, 1.82) is 0 Å². The lowest BCUT2D eigenvalue weighted by Crippen LogP contribution is -2.14. The van der Waals surface area contributed by atoms with Crippen molar-refractivity contribution in [2.24, 2.45) is 0 Å². The van der Waals surface area contributed by atoms with Crippen molar-refractivity contribution in [3.05, 3.63) is 70.6 Å². The molecule has 0 aliphatic rings. The Bertz CT molecular complexity index is 991. The van der Waals surface area contributed by atoms with Crippen molar-refractivity contribution in [3.63, 3.8) is 0 Å². The molecule has 1 amide bonds. The number of anilines is 3. The van der Waals surface area contributed by atoms with Crippen LogP contribution in [0.25, 0.3) is 0 Å². The van der Waals surface area contributed by atoms with Gasteiger partial charge in [-0.05, 0) is 55.3 Å². The van der Waals surface area contributed by atoms with Gasteiger partial charge in [-0.3, -0.25) is 4.79 Å². The predicted molar refractivity (Wildman–Crippen MR) is 107 cm³/mol. The van der Waals surface area contributed by atoms with Crippen molar-refractivity contribution >= 4 is 34.7 Å². The van der Waals surface area contributed by atoms with Crippen LogP contribution in [0.1, 0.15) is 21.6 Å². The number of amides is 1. The number of halogens is 1. The van der Waals surface area contributed by atoms with E-state index in [1.807, 2.05) is 32.0 Å². The second-order valence-corrected chi connectivity index (χ2v) is 6.45. The van der Waals surface area contributed by atoms with Gasteiger partial charge in [0.05, 0.1) is 12.8 Å². The molecule has 2 N–H and O–H groups in total. The first-order valence-electron chi connectivity index (χ1n) is 8.27. The number of aryl methyl sites for hydroxylation is 2. The number of carbonyl (C=O) groups excluding carboxylic acids is 1. The summed E-state index contributed by atoms with van der Waals surface area (Å²) in [5, 5.41) is 6.50. The Morgan fingerprint density at radius 1 is 1.04 bits per heavy atom. The summed E-state index contributed by atoms with van der Waals surface area (Å²) in [4.78, 5) is 20.7. The number of hydrogen-bond acceptors (Lipinski definition) is 5. The second-order valence-electron chi connectivity index (χ2n) is 6.01. The SMILES string of the molecule is COc1ccc(Cl)cc1Nc1cc(C(=O)Nc2ccc(C)c(C)c2)ncn1. The summed E-state index contributed by atoms with van der Waals surface area (Å²) in [7, 11) is 1.57. The maximum atomic E-state index is 12.5. The maximum Gasteiger partial charge on any atom is 0.274 e. The van der Waals surface area contributed by atoms with Crippen LogP contribution < -0.4 is 15.4 Å². The molecule has 2 aromatic carbocycles. The fourth-order valence-electron chi connectivity index (χ4n) is 2.48. The van der Waals surface area contributed by atoms with Crippen molar-refractivity contribution in [2.45, 2.75) is 13.8 Å². The molecular weight excluding hydrogens is 364 g/mol. The summed E-state index contributed by atoms with van der Waals surface area (Å²) < 4.78 is 5.31. The van der Waals surface area contributed by atoms with Crippen LogP contribution in [-0.2, 0) is 0 Å². The molecule has 0 unspecified atom stereocenters. The molecule has 3 rings (SSSR count). The Labute approximate surface area is 162 Å². The highest BCUT2D eigenvalue weighted by Crippen LogP contribution is 2.30. The monoisotopic (exact) mass is 382 g/mol. The molecule has 0 spiro atoms. The molecule has 0 bridgehead atoms. The van der Waals surface area contributed by atoms with Gasteiger partial charge in [0, 0.05) is 16.8 Å². The Kier molecular flexibility index (Phi) is 5.57. The fraction of sp³-hybridized carbons (Fsp3) is 0.150. The van der Waals surface area contributed by atoms with Gasteiger partial charge in [-0.25, -0.2) is 9.97 Å². The van der Waals surface area contributed by atoms with Crippen LogP contribution in [0.5, 0.6) is 5.75 Å². The summed E-state index contributed by atoms with van der Waals surface area (Å²) in [5.74, 6) is 0.747. The summed E-state index contributed by atoms with van der Waals surface area (Å²) in [6, 6.07) is 12.5. The Balaban J connectivity index is 1.80. The average molecular weight is 383 g/mol. The number of methoxy groups -OCH3 is 1. The highest BCUT2D eigenvalue weighted by molar-refractivity contribution is 6.31. The van der Waals surface area contributed by atoms with Crippen LogP contribution in [0, 0.1) is 13.8 Å². The van der Waals surface area contributed by atoms with Gasteiger partial charge in [-0.1, -0.05) is 17.7 Å². The first kappa shape index (κ1) is 18.7. The van der Waals surface area contributed by atoms with E-state index in [0.29, 0.717) is 28.0 Å². The number of nitrogens with one attached hydrogen (secondary N) is 2. The molecule has 138 valence electrons.